The molecular formula is C20H24N6O. The number of carbonyl (C=O) groups excluding carboxylic acids is 1. The molecule has 0 aliphatic carbocycles. The van der Waals surface area contributed by atoms with Gasteiger partial charge in [-0.15, -0.1) is 0 Å². The molecule has 0 spiro atoms. The minimum Gasteiger partial charge on any atom is -0.365 e. The number of benzene rings is 1. The van der Waals surface area contributed by atoms with Crippen LogP contribution in [-0.4, -0.2) is 25.7 Å². The molecule has 0 saturated carbocycles. The monoisotopic (exact) mass is 364 g/mol. The number of hydrogen-bond donors (Lipinski definition) is 2. The summed E-state index contributed by atoms with van der Waals surface area (Å²) in [6.45, 7) is 6.54. The van der Waals surface area contributed by atoms with Gasteiger partial charge in [-0.1, -0.05) is 19.1 Å². The van der Waals surface area contributed by atoms with Crippen LogP contribution in [0, 0.1) is 13.8 Å². The predicted molar refractivity (Wildman–Crippen MR) is 106 cm³/mol. The third kappa shape index (κ3) is 4.91. The second-order valence-electron chi connectivity index (χ2n) is 6.45. The molecule has 7 nitrogen and oxygen atoms in total. The lowest BCUT2D eigenvalue weighted by Crippen LogP contribution is -2.10. The maximum atomic E-state index is 11.6. The van der Waals surface area contributed by atoms with Gasteiger partial charge >= 0.3 is 0 Å². The molecule has 0 saturated heterocycles. The van der Waals surface area contributed by atoms with Crippen molar-refractivity contribution in [1.29, 1.82) is 0 Å². The smallest absolute Gasteiger partial charge is 0.224 e. The first-order valence-electron chi connectivity index (χ1n) is 9.03. The number of nitrogens with zero attached hydrogens (tertiary/aromatic N) is 4. The second kappa shape index (κ2) is 8.44. The van der Waals surface area contributed by atoms with Gasteiger partial charge in [-0.25, -0.2) is 9.67 Å². The normalized spacial score (nSPS) is 10.6. The number of carbonyl (C=O) groups is 1. The molecule has 2 heterocycles. The van der Waals surface area contributed by atoms with E-state index in [1.54, 1.807) is 17.1 Å². The molecule has 0 bridgehead atoms. The van der Waals surface area contributed by atoms with Gasteiger partial charge in [-0.3, -0.25) is 9.78 Å². The third-order valence-electron chi connectivity index (χ3n) is 4.04. The third-order valence-corrected chi connectivity index (χ3v) is 4.04. The summed E-state index contributed by atoms with van der Waals surface area (Å²) in [5, 5.41) is 10.6. The quantitative estimate of drug-likeness (QED) is 0.669. The Morgan fingerprint density at radius 3 is 2.59 bits per heavy atom. The Labute approximate surface area is 158 Å². The van der Waals surface area contributed by atoms with Crippen molar-refractivity contribution >= 4 is 17.4 Å². The Bertz CT molecular complexity index is 916. The lowest BCUT2D eigenvalue weighted by molar-refractivity contribution is -0.116. The molecule has 2 aromatic heterocycles. The molecule has 27 heavy (non-hydrogen) atoms. The average Bonchev–Trinajstić information content (AvgIpc) is 3.00. The van der Waals surface area contributed by atoms with Gasteiger partial charge in [0.25, 0.3) is 0 Å². The Morgan fingerprint density at radius 2 is 1.93 bits per heavy atom. The SMILES string of the molecule is CCCC(=O)Nc1ccc(CNc2cncc(-n3nc(C)cc3C)n2)cc1. The molecule has 7 heteroatoms. The Morgan fingerprint density at radius 1 is 1.15 bits per heavy atom. The summed E-state index contributed by atoms with van der Waals surface area (Å²) in [7, 11) is 0. The van der Waals surface area contributed by atoms with Gasteiger partial charge < -0.3 is 10.6 Å². The highest BCUT2D eigenvalue weighted by Gasteiger charge is 2.07. The molecule has 0 atom stereocenters. The zero-order valence-electron chi connectivity index (χ0n) is 15.9. The van der Waals surface area contributed by atoms with Gasteiger partial charge in [-0.2, -0.15) is 5.10 Å². The van der Waals surface area contributed by atoms with Crippen LogP contribution in [0.1, 0.15) is 36.7 Å². The molecule has 2 N–H and O–H groups in total. The second-order valence-corrected chi connectivity index (χ2v) is 6.45. The zero-order chi connectivity index (χ0) is 19.2. The predicted octanol–water partition coefficient (Wildman–Crippen LogP) is 3.63. The summed E-state index contributed by atoms with van der Waals surface area (Å²) in [4.78, 5) is 20.5. The van der Waals surface area contributed by atoms with E-state index in [0.717, 1.165) is 29.1 Å². The highest BCUT2D eigenvalue weighted by molar-refractivity contribution is 5.90. The van der Waals surface area contributed by atoms with Crippen molar-refractivity contribution < 1.29 is 4.79 Å². The topological polar surface area (TPSA) is 84.7 Å². The van der Waals surface area contributed by atoms with Crippen LogP contribution < -0.4 is 10.6 Å². The van der Waals surface area contributed by atoms with Crippen molar-refractivity contribution in [1.82, 2.24) is 19.7 Å². The lowest BCUT2D eigenvalue weighted by Gasteiger charge is -2.09. The Kier molecular flexibility index (Phi) is 5.80. The first-order chi connectivity index (χ1) is 13.0. The first-order valence-corrected chi connectivity index (χ1v) is 9.03. The van der Waals surface area contributed by atoms with Crippen molar-refractivity contribution in [2.24, 2.45) is 0 Å². The van der Waals surface area contributed by atoms with E-state index in [1.165, 1.54) is 0 Å². The van der Waals surface area contributed by atoms with Gasteiger partial charge in [0.2, 0.25) is 5.91 Å². The van der Waals surface area contributed by atoms with E-state index in [4.69, 9.17) is 0 Å². The van der Waals surface area contributed by atoms with Crippen LogP contribution in [0.5, 0.6) is 0 Å². The van der Waals surface area contributed by atoms with Gasteiger partial charge in [0.15, 0.2) is 5.82 Å². The molecule has 3 aromatic rings. The Balaban J connectivity index is 1.62. The summed E-state index contributed by atoms with van der Waals surface area (Å²) < 4.78 is 1.78. The minimum absolute atomic E-state index is 0.0413. The van der Waals surface area contributed by atoms with E-state index in [2.05, 4.69) is 25.7 Å². The number of anilines is 2. The molecule has 140 valence electrons. The lowest BCUT2D eigenvalue weighted by atomic mass is 10.2. The van der Waals surface area contributed by atoms with E-state index in [-0.39, 0.29) is 5.91 Å². The molecule has 0 fully saturated rings. The van der Waals surface area contributed by atoms with Crippen molar-refractivity contribution in [3.8, 4) is 5.82 Å². The van der Waals surface area contributed by atoms with Gasteiger partial charge in [0.1, 0.15) is 5.82 Å². The zero-order valence-corrected chi connectivity index (χ0v) is 15.9. The van der Waals surface area contributed by atoms with E-state index in [1.807, 2.05) is 51.1 Å². The van der Waals surface area contributed by atoms with E-state index in [9.17, 15) is 4.79 Å². The number of hydrogen-bond acceptors (Lipinski definition) is 5. The molecule has 0 aliphatic rings. The fourth-order valence-electron chi connectivity index (χ4n) is 2.75. The molecule has 1 amide bonds. The Hall–Kier alpha value is -3.22. The van der Waals surface area contributed by atoms with Crippen LogP contribution in [0.3, 0.4) is 0 Å². The number of rotatable bonds is 7. The summed E-state index contributed by atoms with van der Waals surface area (Å²) >= 11 is 0. The summed E-state index contributed by atoms with van der Waals surface area (Å²) in [6.07, 6.45) is 4.76. The summed E-state index contributed by atoms with van der Waals surface area (Å²) in [6, 6.07) is 9.77. The van der Waals surface area contributed by atoms with Crippen LogP contribution in [-0.2, 0) is 11.3 Å². The van der Waals surface area contributed by atoms with Crippen LogP contribution in [0.15, 0.2) is 42.7 Å². The average molecular weight is 364 g/mol. The standard InChI is InChI=1S/C20H24N6O/c1-4-5-20(27)23-17-8-6-16(7-9-17)11-22-18-12-21-13-19(24-18)26-15(3)10-14(2)25-26/h6-10,12-13H,4-5,11H2,1-3H3,(H,22,24)(H,23,27). The fourth-order valence-corrected chi connectivity index (χ4v) is 2.75. The van der Waals surface area contributed by atoms with Crippen LogP contribution >= 0.6 is 0 Å². The van der Waals surface area contributed by atoms with Crippen molar-refractivity contribution in [2.75, 3.05) is 10.6 Å². The van der Waals surface area contributed by atoms with Crippen LogP contribution in [0.4, 0.5) is 11.5 Å². The highest BCUT2D eigenvalue weighted by atomic mass is 16.1. The van der Waals surface area contributed by atoms with Crippen molar-refractivity contribution in [3.63, 3.8) is 0 Å². The number of amides is 1. The largest absolute Gasteiger partial charge is 0.365 e. The van der Waals surface area contributed by atoms with Gasteiger partial charge in [0.05, 0.1) is 18.1 Å². The molecule has 3 rings (SSSR count). The maximum Gasteiger partial charge on any atom is 0.224 e. The first kappa shape index (κ1) is 18.6. The molecule has 0 aliphatic heterocycles. The number of nitrogens with one attached hydrogen (secondary N) is 2. The summed E-state index contributed by atoms with van der Waals surface area (Å²) in [5.74, 6) is 1.40. The molecule has 0 radical (unpaired) electrons. The maximum absolute atomic E-state index is 11.6. The van der Waals surface area contributed by atoms with E-state index < -0.39 is 0 Å². The van der Waals surface area contributed by atoms with E-state index in [0.29, 0.717) is 24.6 Å². The van der Waals surface area contributed by atoms with Crippen molar-refractivity contribution in [3.05, 3.63) is 59.7 Å². The molecule has 1 aromatic carbocycles. The summed E-state index contributed by atoms with van der Waals surface area (Å²) in [5.41, 5.74) is 3.85. The van der Waals surface area contributed by atoms with Gasteiger partial charge in [0, 0.05) is 24.3 Å². The number of aromatic nitrogens is 4. The fraction of sp³-hybridized carbons (Fsp3) is 0.300. The number of aryl methyl sites for hydroxylation is 2. The van der Waals surface area contributed by atoms with Gasteiger partial charge in [-0.05, 0) is 44.0 Å². The minimum atomic E-state index is 0.0413. The van der Waals surface area contributed by atoms with Crippen LogP contribution in [0.25, 0.3) is 5.82 Å². The van der Waals surface area contributed by atoms with E-state index >= 15 is 0 Å². The molecule has 0 unspecified atom stereocenters. The highest BCUT2D eigenvalue weighted by Crippen LogP contribution is 2.14. The van der Waals surface area contributed by atoms with Crippen LogP contribution in [0.2, 0.25) is 0 Å². The molecular weight excluding hydrogens is 340 g/mol. The van der Waals surface area contributed by atoms with Crippen molar-refractivity contribution in [2.45, 2.75) is 40.2 Å².